The van der Waals surface area contributed by atoms with Gasteiger partial charge in [-0.1, -0.05) is 24.6 Å². The predicted octanol–water partition coefficient (Wildman–Crippen LogP) is 2.57. The second kappa shape index (κ2) is 5.32. The molecular weight excluding hydrogens is 224 g/mol. The number of hydrogen-bond acceptors (Lipinski definition) is 2. The fourth-order valence-electron chi connectivity index (χ4n) is 1.22. The molecule has 1 aromatic carbocycles. The predicted molar refractivity (Wildman–Crippen MR) is 67.6 cm³/mol. The van der Waals surface area contributed by atoms with Crippen molar-refractivity contribution in [3.8, 4) is 0 Å². The summed E-state index contributed by atoms with van der Waals surface area (Å²) in [6.07, 6.45) is 0. The fraction of sp³-hybridized carbons (Fsp3) is 0.417. The molecule has 1 aromatic rings. The number of aryl methyl sites for hydroxylation is 1. The van der Waals surface area contributed by atoms with Crippen molar-refractivity contribution >= 4 is 23.2 Å². The third-order valence-electron chi connectivity index (χ3n) is 2.58. The van der Waals surface area contributed by atoms with Crippen molar-refractivity contribution in [1.82, 2.24) is 0 Å². The van der Waals surface area contributed by atoms with Crippen molar-refractivity contribution in [1.29, 1.82) is 0 Å². The van der Waals surface area contributed by atoms with Crippen LogP contribution in [0, 0.1) is 12.8 Å². The Morgan fingerprint density at radius 1 is 1.44 bits per heavy atom. The van der Waals surface area contributed by atoms with E-state index < -0.39 is 0 Å². The minimum absolute atomic E-state index is 0.109. The van der Waals surface area contributed by atoms with Crippen molar-refractivity contribution < 1.29 is 4.79 Å². The maximum Gasteiger partial charge on any atom is 0.228 e. The van der Waals surface area contributed by atoms with Crippen LogP contribution in [0.15, 0.2) is 18.2 Å². The van der Waals surface area contributed by atoms with E-state index in [2.05, 4.69) is 5.32 Å². The van der Waals surface area contributed by atoms with Gasteiger partial charge in [0.05, 0.1) is 16.6 Å². The normalized spacial score (nSPS) is 14.3. The highest BCUT2D eigenvalue weighted by Crippen LogP contribution is 2.23. The molecule has 0 aliphatic rings. The highest BCUT2D eigenvalue weighted by molar-refractivity contribution is 6.33. The van der Waals surface area contributed by atoms with E-state index in [0.717, 1.165) is 5.56 Å². The summed E-state index contributed by atoms with van der Waals surface area (Å²) in [5.41, 5.74) is 7.35. The van der Waals surface area contributed by atoms with Crippen LogP contribution in [-0.4, -0.2) is 11.9 Å². The van der Waals surface area contributed by atoms with Gasteiger partial charge in [0, 0.05) is 6.04 Å². The van der Waals surface area contributed by atoms with E-state index in [4.69, 9.17) is 17.3 Å². The molecule has 0 bridgehead atoms. The zero-order chi connectivity index (χ0) is 12.3. The minimum atomic E-state index is -0.239. The first-order valence-electron chi connectivity index (χ1n) is 5.24. The van der Waals surface area contributed by atoms with E-state index in [1.165, 1.54) is 0 Å². The molecule has 2 unspecified atom stereocenters. The van der Waals surface area contributed by atoms with E-state index in [1.54, 1.807) is 13.0 Å². The summed E-state index contributed by atoms with van der Waals surface area (Å²) in [5.74, 6) is -0.348. The fourth-order valence-corrected chi connectivity index (χ4v) is 1.39. The molecule has 0 radical (unpaired) electrons. The molecule has 4 heteroatoms. The van der Waals surface area contributed by atoms with Crippen LogP contribution >= 0.6 is 11.6 Å². The number of hydrogen-bond donors (Lipinski definition) is 2. The first kappa shape index (κ1) is 13.0. The summed E-state index contributed by atoms with van der Waals surface area (Å²) in [7, 11) is 0. The molecule has 0 fully saturated rings. The number of carbonyl (C=O) groups excluding carboxylic acids is 1. The Bertz CT molecular complexity index is 391. The van der Waals surface area contributed by atoms with Crippen LogP contribution in [0.4, 0.5) is 5.69 Å². The Morgan fingerprint density at radius 3 is 2.62 bits per heavy atom. The quantitative estimate of drug-likeness (QED) is 0.853. The van der Waals surface area contributed by atoms with Gasteiger partial charge in [-0.05, 0) is 31.5 Å². The van der Waals surface area contributed by atoms with Crippen molar-refractivity contribution in [2.24, 2.45) is 11.7 Å². The van der Waals surface area contributed by atoms with E-state index in [1.807, 2.05) is 26.0 Å². The highest BCUT2D eigenvalue weighted by atomic mass is 35.5. The second-order valence-electron chi connectivity index (χ2n) is 4.12. The molecule has 0 aromatic heterocycles. The van der Waals surface area contributed by atoms with E-state index >= 15 is 0 Å². The van der Waals surface area contributed by atoms with Crippen LogP contribution in [0.25, 0.3) is 0 Å². The van der Waals surface area contributed by atoms with Gasteiger partial charge in [0.2, 0.25) is 5.91 Å². The number of anilines is 1. The van der Waals surface area contributed by atoms with Gasteiger partial charge < -0.3 is 11.1 Å². The standard InChI is InChI=1S/C12H17ClN2O/c1-7-4-5-10(13)11(6-7)15-12(16)8(2)9(3)14/h4-6,8-9H,14H2,1-3H3,(H,15,16). The van der Waals surface area contributed by atoms with Gasteiger partial charge in [-0.15, -0.1) is 0 Å². The Labute approximate surface area is 101 Å². The molecule has 3 N–H and O–H groups in total. The van der Waals surface area contributed by atoms with Crippen molar-refractivity contribution in [3.05, 3.63) is 28.8 Å². The summed E-state index contributed by atoms with van der Waals surface area (Å²) >= 11 is 5.98. The molecule has 16 heavy (non-hydrogen) atoms. The van der Waals surface area contributed by atoms with Crippen LogP contribution < -0.4 is 11.1 Å². The molecule has 0 spiro atoms. The maximum atomic E-state index is 11.8. The average molecular weight is 241 g/mol. The van der Waals surface area contributed by atoms with Crippen LogP contribution in [0.5, 0.6) is 0 Å². The second-order valence-corrected chi connectivity index (χ2v) is 4.53. The van der Waals surface area contributed by atoms with E-state index in [0.29, 0.717) is 10.7 Å². The zero-order valence-corrected chi connectivity index (χ0v) is 10.5. The Balaban J connectivity index is 2.80. The van der Waals surface area contributed by atoms with Gasteiger partial charge in [-0.3, -0.25) is 4.79 Å². The molecule has 0 heterocycles. The summed E-state index contributed by atoms with van der Waals surface area (Å²) < 4.78 is 0. The van der Waals surface area contributed by atoms with Gasteiger partial charge in [0.15, 0.2) is 0 Å². The van der Waals surface area contributed by atoms with Gasteiger partial charge in [-0.25, -0.2) is 0 Å². The summed E-state index contributed by atoms with van der Waals surface area (Å²) in [5, 5.41) is 3.32. The number of rotatable bonds is 3. The van der Waals surface area contributed by atoms with Gasteiger partial charge in [-0.2, -0.15) is 0 Å². The number of amides is 1. The molecule has 0 saturated heterocycles. The molecular formula is C12H17ClN2O. The van der Waals surface area contributed by atoms with Crippen molar-refractivity contribution in [3.63, 3.8) is 0 Å². The lowest BCUT2D eigenvalue weighted by Crippen LogP contribution is -2.34. The molecule has 1 rings (SSSR count). The smallest absolute Gasteiger partial charge is 0.228 e. The topological polar surface area (TPSA) is 55.1 Å². The minimum Gasteiger partial charge on any atom is -0.327 e. The third-order valence-corrected chi connectivity index (χ3v) is 2.91. The van der Waals surface area contributed by atoms with E-state index in [-0.39, 0.29) is 17.9 Å². The van der Waals surface area contributed by atoms with Crippen LogP contribution in [0.2, 0.25) is 5.02 Å². The first-order chi connectivity index (χ1) is 7.41. The van der Waals surface area contributed by atoms with Crippen molar-refractivity contribution in [2.45, 2.75) is 26.8 Å². The molecule has 88 valence electrons. The average Bonchev–Trinajstić information content (AvgIpc) is 2.22. The summed E-state index contributed by atoms with van der Waals surface area (Å²) in [4.78, 5) is 11.8. The number of nitrogens with two attached hydrogens (primary N) is 1. The maximum absolute atomic E-state index is 11.8. The van der Waals surface area contributed by atoms with Gasteiger partial charge >= 0.3 is 0 Å². The monoisotopic (exact) mass is 240 g/mol. The van der Waals surface area contributed by atoms with Crippen molar-refractivity contribution in [2.75, 3.05) is 5.32 Å². The first-order valence-corrected chi connectivity index (χ1v) is 5.62. The molecule has 0 saturated carbocycles. The lowest BCUT2D eigenvalue weighted by Gasteiger charge is -2.16. The van der Waals surface area contributed by atoms with Crippen LogP contribution in [0.1, 0.15) is 19.4 Å². The largest absolute Gasteiger partial charge is 0.327 e. The lowest BCUT2D eigenvalue weighted by atomic mass is 10.0. The number of nitrogens with one attached hydrogen (secondary N) is 1. The Morgan fingerprint density at radius 2 is 2.06 bits per heavy atom. The summed E-state index contributed by atoms with van der Waals surface area (Å²) in [6, 6.07) is 5.33. The SMILES string of the molecule is Cc1ccc(Cl)c(NC(=O)C(C)C(C)N)c1. The lowest BCUT2D eigenvalue weighted by molar-refractivity contribution is -0.119. The molecule has 3 nitrogen and oxygen atoms in total. The zero-order valence-electron chi connectivity index (χ0n) is 9.75. The number of benzene rings is 1. The number of carbonyl (C=O) groups is 1. The van der Waals surface area contributed by atoms with Gasteiger partial charge in [0.25, 0.3) is 0 Å². The molecule has 0 aliphatic heterocycles. The third kappa shape index (κ3) is 3.22. The highest BCUT2D eigenvalue weighted by Gasteiger charge is 2.17. The summed E-state index contributed by atoms with van der Waals surface area (Å²) in [6.45, 7) is 5.55. The molecule has 2 atom stereocenters. The van der Waals surface area contributed by atoms with E-state index in [9.17, 15) is 4.79 Å². The molecule has 0 aliphatic carbocycles. The van der Waals surface area contributed by atoms with Crippen LogP contribution in [-0.2, 0) is 4.79 Å². The Kier molecular flexibility index (Phi) is 4.33. The number of halogens is 1. The van der Waals surface area contributed by atoms with Gasteiger partial charge in [0.1, 0.15) is 0 Å². The Hall–Kier alpha value is -1.06. The van der Waals surface area contributed by atoms with Crippen LogP contribution in [0.3, 0.4) is 0 Å². The molecule has 1 amide bonds.